The first-order chi connectivity index (χ1) is 20.6. The van der Waals surface area contributed by atoms with Crippen molar-refractivity contribution in [2.75, 3.05) is 17.4 Å². The van der Waals surface area contributed by atoms with Gasteiger partial charge in [0.05, 0.1) is 10.6 Å². The Kier molecular flexibility index (Phi) is 11.3. The summed E-state index contributed by atoms with van der Waals surface area (Å²) in [5, 5.41) is 3.60. The standard InChI is InChI=1S/C34H42ClN3O4S/c1-4-32(34(40)36-29-13-9-6-10-14-29)37(22-21-27-11-7-5-8-12-27)33(39)24-38(30-18-15-25(2)26(3)23-30)43(41,42)31-19-16-28(35)17-20-31/h5,7-8,11-12,15-20,23,29,32H,4,6,9-10,13-14,21-22,24H2,1-3H3,(H,36,40). The fourth-order valence-corrected chi connectivity index (χ4v) is 7.12. The highest BCUT2D eigenvalue weighted by Gasteiger charge is 2.34. The van der Waals surface area contributed by atoms with Gasteiger partial charge in [0.15, 0.2) is 0 Å². The summed E-state index contributed by atoms with van der Waals surface area (Å²) < 4.78 is 29.2. The third kappa shape index (κ3) is 8.39. The Morgan fingerprint density at radius 1 is 0.930 bits per heavy atom. The van der Waals surface area contributed by atoms with Crippen molar-refractivity contribution in [2.24, 2.45) is 0 Å². The van der Waals surface area contributed by atoms with Gasteiger partial charge >= 0.3 is 0 Å². The van der Waals surface area contributed by atoms with Crippen molar-refractivity contribution in [3.05, 3.63) is 94.5 Å². The van der Waals surface area contributed by atoms with Crippen molar-refractivity contribution in [1.29, 1.82) is 0 Å². The molecule has 1 saturated carbocycles. The Morgan fingerprint density at radius 2 is 1.60 bits per heavy atom. The number of anilines is 1. The van der Waals surface area contributed by atoms with E-state index in [1.54, 1.807) is 17.0 Å². The van der Waals surface area contributed by atoms with E-state index in [-0.39, 0.29) is 23.4 Å². The third-order valence-corrected chi connectivity index (χ3v) is 10.3. The zero-order valence-corrected chi connectivity index (χ0v) is 26.8. The Morgan fingerprint density at radius 3 is 2.23 bits per heavy atom. The summed E-state index contributed by atoms with van der Waals surface area (Å²) in [7, 11) is -4.14. The van der Waals surface area contributed by atoms with Crippen LogP contribution in [0.25, 0.3) is 0 Å². The number of sulfonamides is 1. The van der Waals surface area contributed by atoms with Crippen molar-refractivity contribution < 1.29 is 18.0 Å². The number of benzene rings is 3. The molecule has 4 rings (SSSR count). The number of carbonyl (C=O) groups excluding carboxylic acids is 2. The molecule has 0 saturated heterocycles. The van der Waals surface area contributed by atoms with Gasteiger partial charge < -0.3 is 10.2 Å². The normalized spacial score (nSPS) is 14.6. The molecule has 2 amide bonds. The number of hydrogen-bond acceptors (Lipinski definition) is 4. The Labute approximate surface area is 261 Å². The van der Waals surface area contributed by atoms with Crippen LogP contribution in [-0.2, 0) is 26.0 Å². The average molecular weight is 624 g/mol. The van der Waals surface area contributed by atoms with Gasteiger partial charge in [-0.05, 0) is 92.6 Å². The molecule has 1 fully saturated rings. The molecule has 0 aliphatic heterocycles. The van der Waals surface area contributed by atoms with Crippen LogP contribution in [0, 0.1) is 13.8 Å². The van der Waals surface area contributed by atoms with E-state index in [2.05, 4.69) is 5.32 Å². The fourth-order valence-electron chi connectivity index (χ4n) is 5.58. The Balaban J connectivity index is 1.68. The first kappa shape index (κ1) is 32.6. The maximum absolute atomic E-state index is 14.2. The van der Waals surface area contributed by atoms with Gasteiger partial charge in [-0.2, -0.15) is 0 Å². The van der Waals surface area contributed by atoms with Gasteiger partial charge in [0.25, 0.3) is 10.0 Å². The molecule has 1 atom stereocenters. The van der Waals surface area contributed by atoms with E-state index < -0.39 is 28.5 Å². The minimum absolute atomic E-state index is 0.0286. The number of nitrogens with one attached hydrogen (secondary N) is 1. The van der Waals surface area contributed by atoms with Gasteiger partial charge in [0.1, 0.15) is 12.6 Å². The molecular weight excluding hydrogens is 582 g/mol. The highest BCUT2D eigenvalue weighted by molar-refractivity contribution is 7.92. The van der Waals surface area contributed by atoms with Crippen molar-refractivity contribution >= 4 is 39.1 Å². The first-order valence-corrected chi connectivity index (χ1v) is 16.9. The van der Waals surface area contributed by atoms with Gasteiger partial charge in [-0.25, -0.2) is 8.42 Å². The summed E-state index contributed by atoms with van der Waals surface area (Å²) >= 11 is 6.05. The Bertz CT molecular complexity index is 1490. The van der Waals surface area contributed by atoms with E-state index in [0.29, 0.717) is 23.6 Å². The van der Waals surface area contributed by atoms with E-state index in [4.69, 9.17) is 11.6 Å². The topological polar surface area (TPSA) is 86.8 Å². The summed E-state index contributed by atoms with van der Waals surface area (Å²) in [6, 6.07) is 20.4. The molecule has 0 spiro atoms. The zero-order chi connectivity index (χ0) is 31.0. The van der Waals surface area contributed by atoms with E-state index in [0.717, 1.165) is 46.7 Å². The molecule has 0 aromatic heterocycles. The van der Waals surface area contributed by atoms with Crippen LogP contribution in [0.2, 0.25) is 5.02 Å². The van der Waals surface area contributed by atoms with Gasteiger partial charge in [-0.15, -0.1) is 0 Å². The summed E-state index contributed by atoms with van der Waals surface area (Å²) in [6.45, 7) is 5.57. The monoisotopic (exact) mass is 623 g/mol. The number of amides is 2. The maximum Gasteiger partial charge on any atom is 0.264 e. The molecule has 0 bridgehead atoms. The van der Waals surface area contributed by atoms with Gasteiger partial charge in [-0.1, -0.05) is 74.2 Å². The van der Waals surface area contributed by atoms with Crippen molar-refractivity contribution in [1.82, 2.24) is 10.2 Å². The number of halogens is 1. The molecule has 9 heteroatoms. The SMILES string of the molecule is CCC(C(=O)NC1CCCCC1)N(CCc1ccccc1)C(=O)CN(c1ccc(C)c(C)c1)S(=O)(=O)c1ccc(Cl)cc1. The maximum atomic E-state index is 14.2. The molecule has 0 heterocycles. The second-order valence-electron chi connectivity index (χ2n) is 11.3. The third-order valence-electron chi connectivity index (χ3n) is 8.28. The predicted octanol–water partition coefficient (Wildman–Crippen LogP) is 6.45. The summed E-state index contributed by atoms with van der Waals surface area (Å²) in [5.41, 5.74) is 3.33. The van der Waals surface area contributed by atoms with Crippen molar-refractivity contribution in [2.45, 2.75) is 82.7 Å². The zero-order valence-electron chi connectivity index (χ0n) is 25.3. The molecule has 1 aliphatic carbocycles. The van der Waals surface area contributed by atoms with E-state index in [1.807, 2.05) is 57.2 Å². The number of nitrogens with zero attached hydrogens (tertiary/aromatic N) is 2. The van der Waals surface area contributed by atoms with Crippen LogP contribution in [0.5, 0.6) is 0 Å². The quantitative estimate of drug-likeness (QED) is 0.251. The molecule has 43 heavy (non-hydrogen) atoms. The lowest BCUT2D eigenvalue weighted by molar-refractivity contribution is -0.140. The van der Waals surface area contributed by atoms with Crippen LogP contribution in [-0.4, -0.2) is 50.3 Å². The van der Waals surface area contributed by atoms with Crippen LogP contribution in [0.1, 0.15) is 62.1 Å². The van der Waals surface area contributed by atoms with E-state index in [9.17, 15) is 18.0 Å². The number of rotatable bonds is 12. The van der Waals surface area contributed by atoms with Crippen molar-refractivity contribution in [3.63, 3.8) is 0 Å². The van der Waals surface area contributed by atoms with Gasteiger partial charge in [0, 0.05) is 17.6 Å². The molecule has 0 radical (unpaired) electrons. The average Bonchev–Trinajstić information content (AvgIpc) is 3.00. The Hall–Kier alpha value is -3.36. The van der Waals surface area contributed by atoms with Crippen LogP contribution in [0.3, 0.4) is 0 Å². The van der Waals surface area contributed by atoms with Gasteiger partial charge in [0.2, 0.25) is 11.8 Å². The summed E-state index contributed by atoms with van der Waals surface area (Å²) in [6.07, 6.45) is 6.12. The highest BCUT2D eigenvalue weighted by Crippen LogP contribution is 2.27. The fraction of sp³-hybridized carbons (Fsp3) is 0.412. The van der Waals surface area contributed by atoms with Crippen molar-refractivity contribution in [3.8, 4) is 0 Å². The summed E-state index contributed by atoms with van der Waals surface area (Å²) in [5.74, 6) is -0.619. The number of aryl methyl sites for hydroxylation is 2. The van der Waals surface area contributed by atoms with Gasteiger partial charge in [-0.3, -0.25) is 13.9 Å². The molecule has 7 nitrogen and oxygen atoms in total. The van der Waals surface area contributed by atoms with Crippen LogP contribution < -0.4 is 9.62 Å². The smallest absolute Gasteiger partial charge is 0.264 e. The molecule has 230 valence electrons. The lowest BCUT2D eigenvalue weighted by Gasteiger charge is -2.34. The van der Waals surface area contributed by atoms with E-state index in [1.165, 1.54) is 30.7 Å². The minimum atomic E-state index is -4.14. The predicted molar refractivity (Wildman–Crippen MR) is 173 cm³/mol. The largest absolute Gasteiger partial charge is 0.352 e. The second kappa shape index (κ2) is 14.9. The van der Waals surface area contributed by atoms with E-state index >= 15 is 0 Å². The summed E-state index contributed by atoms with van der Waals surface area (Å²) in [4.78, 5) is 29.5. The molecule has 1 aliphatic rings. The first-order valence-electron chi connectivity index (χ1n) is 15.1. The molecule has 3 aromatic rings. The minimum Gasteiger partial charge on any atom is -0.352 e. The molecule has 1 N–H and O–H groups in total. The molecular formula is C34H42ClN3O4S. The number of hydrogen-bond donors (Lipinski definition) is 1. The highest BCUT2D eigenvalue weighted by atomic mass is 35.5. The number of carbonyl (C=O) groups is 2. The molecule has 3 aromatic carbocycles. The molecule has 1 unspecified atom stereocenters. The second-order valence-corrected chi connectivity index (χ2v) is 13.6. The van der Waals surface area contributed by atoms with Crippen LogP contribution in [0.4, 0.5) is 5.69 Å². The van der Waals surface area contributed by atoms with Crippen LogP contribution in [0.15, 0.2) is 77.7 Å². The van der Waals surface area contributed by atoms with Crippen LogP contribution >= 0.6 is 11.6 Å². The lowest BCUT2D eigenvalue weighted by atomic mass is 9.95. The lowest BCUT2D eigenvalue weighted by Crippen LogP contribution is -2.54.